The summed E-state index contributed by atoms with van der Waals surface area (Å²) in [6.45, 7) is 1.93. The standard InChI is InChI=1S/C12H16N6/c1-17-9-15-16-11(17)10-4-2-7-18(8-10)12-13-5-3-6-14-12/h3,5-6,9-10H,2,4,7-8H2,1H3/t10-/m0/s1. The van der Waals surface area contributed by atoms with E-state index in [9.17, 15) is 0 Å². The van der Waals surface area contributed by atoms with Crippen molar-refractivity contribution < 1.29 is 0 Å². The molecule has 6 nitrogen and oxygen atoms in total. The number of aryl methyl sites for hydroxylation is 1. The predicted molar refractivity (Wildman–Crippen MR) is 67.2 cm³/mol. The Labute approximate surface area is 106 Å². The SMILES string of the molecule is Cn1cnnc1[C@H]1CCCN(c2ncccn2)C1. The van der Waals surface area contributed by atoms with Crippen molar-refractivity contribution in [3.63, 3.8) is 0 Å². The van der Waals surface area contributed by atoms with Crippen LogP contribution < -0.4 is 4.90 Å². The Balaban J connectivity index is 1.79. The predicted octanol–water partition coefficient (Wildman–Crippen LogP) is 0.989. The third kappa shape index (κ3) is 2.05. The average molecular weight is 244 g/mol. The van der Waals surface area contributed by atoms with E-state index in [-0.39, 0.29) is 0 Å². The van der Waals surface area contributed by atoms with Crippen LogP contribution >= 0.6 is 0 Å². The molecule has 3 heterocycles. The second kappa shape index (κ2) is 4.72. The van der Waals surface area contributed by atoms with E-state index in [1.807, 2.05) is 17.7 Å². The molecule has 18 heavy (non-hydrogen) atoms. The Kier molecular flexibility index (Phi) is 2.92. The van der Waals surface area contributed by atoms with Gasteiger partial charge in [0.25, 0.3) is 0 Å². The highest BCUT2D eigenvalue weighted by Gasteiger charge is 2.25. The molecule has 0 saturated carbocycles. The second-order valence-electron chi connectivity index (χ2n) is 4.63. The lowest BCUT2D eigenvalue weighted by Crippen LogP contribution is -2.36. The summed E-state index contributed by atoms with van der Waals surface area (Å²) in [5, 5.41) is 8.17. The lowest BCUT2D eigenvalue weighted by molar-refractivity contribution is 0.475. The molecular weight excluding hydrogens is 228 g/mol. The Morgan fingerprint density at radius 2 is 2.11 bits per heavy atom. The molecule has 6 heteroatoms. The molecule has 0 N–H and O–H groups in total. The monoisotopic (exact) mass is 244 g/mol. The summed E-state index contributed by atoms with van der Waals surface area (Å²) < 4.78 is 2.00. The number of hydrogen-bond donors (Lipinski definition) is 0. The van der Waals surface area contributed by atoms with Crippen molar-refractivity contribution in [2.24, 2.45) is 7.05 Å². The lowest BCUT2D eigenvalue weighted by Gasteiger charge is -2.31. The van der Waals surface area contributed by atoms with E-state index in [1.54, 1.807) is 18.7 Å². The van der Waals surface area contributed by atoms with Crippen molar-refractivity contribution in [3.8, 4) is 0 Å². The highest BCUT2D eigenvalue weighted by atomic mass is 15.3. The van der Waals surface area contributed by atoms with Gasteiger partial charge in [-0.1, -0.05) is 0 Å². The highest BCUT2D eigenvalue weighted by Crippen LogP contribution is 2.26. The normalized spacial score (nSPS) is 20.1. The fourth-order valence-corrected chi connectivity index (χ4v) is 2.49. The summed E-state index contributed by atoms with van der Waals surface area (Å²) >= 11 is 0. The Bertz CT molecular complexity index is 508. The topological polar surface area (TPSA) is 59.7 Å². The maximum atomic E-state index is 4.31. The Morgan fingerprint density at radius 3 is 2.83 bits per heavy atom. The zero-order chi connectivity index (χ0) is 12.4. The van der Waals surface area contributed by atoms with Gasteiger partial charge in [0.2, 0.25) is 5.95 Å². The van der Waals surface area contributed by atoms with Crippen LogP contribution in [0.25, 0.3) is 0 Å². The van der Waals surface area contributed by atoms with Gasteiger partial charge >= 0.3 is 0 Å². The third-order valence-corrected chi connectivity index (χ3v) is 3.37. The van der Waals surface area contributed by atoms with Crippen LogP contribution in [0.15, 0.2) is 24.8 Å². The molecule has 0 bridgehead atoms. The van der Waals surface area contributed by atoms with E-state index in [0.29, 0.717) is 5.92 Å². The van der Waals surface area contributed by atoms with E-state index in [4.69, 9.17) is 0 Å². The zero-order valence-corrected chi connectivity index (χ0v) is 10.4. The fourth-order valence-electron chi connectivity index (χ4n) is 2.49. The third-order valence-electron chi connectivity index (χ3n) is 3.37. The molecule has 3 rings (SSSR count). The first-order chi connectivity index (χ1) is 8.84. The van der Waals surface area contributed by atoms with Crippen LogP contribution in [-0.2, 0) is 7.05 Å². The van der Waals surface area contributed by atoms with Gasteiger partial charge in [-0.15, -0.1) is 10.2 Å². The van der Waals surface area contributed by atoms with Gasteiger partial charge in [0.05, 0.1) is 0 Å². The molecule has 2 aromatic rings. The summed E-state index contributed by atoms with van der Waals surface area (Å²) in [6.07, 6.45) is 7.61. The number of piperidine rings is 1. The van der Waals surface area contributed by atoms with Gasteiger partial charge in [-0.3, -0.25) is 0 Å². The van der Waals surface area contributed by atoms with Gasteiger partial charge in [-0.25, -0.2) is 9.97 Å². The molecule has 0 aromatic carbocycles. The first kappa shape index (κ1) is 11.1. The van der Waals surface area contributed by atoms with E-state index < -0.39 is 0 Å². The van der Waals surface area contributed by atoms with Crippen molar-refractivity contribution in [2.45, 2.75) is 18.8 Å². The van der Waals surface area contributed by atoms with Crippen LogP contribution in [-0.4, -0.2) is 37.8 Å². The number of nitrogens with zero attached hydrogens (tertiary/aromatic N) is 6. The summed E-state index contributed by atoms with van der Waals surface area (Å²) in [7, 11) is 1.99. The first-order valence-corrected chi connectivity index (χ1v) is 6.20. The minimum absolute atomic E-state index is 0.412. The summed E-state index contributed by atoms with van der Waals surface area (Å²) in [6, 6.07) is 1.84. The molecule has 0 aliphatic carbocycles. The smallest absolute Gasteiger partial charge is 0.225 e. The minimum atomic E-state index is 0.412. The molecule has 0 radical (unpaired) electrons. The van der Waals surface area contributed by atoms with Gasteiger partial charge in [0, 0.05) is 38.4 Å². The van der Waals surface area contributed by atoms with Crippen molar-refractivity contribution in [1.82, 2.24) is 24.7 Å². The van der Waals surface area contributed by atoms with Gasteiger partial charge in [-0.2, -0.15) is 0 Å². The first-order valence-electron chi connectivity index (χ1n) is 6.20. The molecule has 0 unspecified atom stereocenters. The van der Waals surface area contributed by atoms with E-state index in [2.05, 4.69) is 25.1 Å². The molecule has 0 amide bonds. The highest BCUT2D eigenvalue weighted by molar-refractivity contribution is 5.30. The van der Waals surface area contributed by atoms with Crippen LogP contribution in [0.2, 0.25) is 0 Å². The van der Waals surface area contributed by atoms with Crippen molar-refractivity contribution in [1.29, 1.82) is 0 Å². The quantitative estimate of drug-likeness (QED) is 0.788. The maximum Gasteiger partial charge on any atom is 0.225 e. The van der Waals surface area contributed by atoms with Crippen molar-refractivity contribution >= 4 is 5.95 Å². The fraction of sp³-hybridized carbons (Fsp3) is 0.500. The molecule has 1 saturated heterocycles. The molecule has 1 aliphatic heterocycles. The zero-order valence-electron chi connectivity index (χ0n) is 10.4. The van der Waals surface area contributed by atoms with Crippen molar-refractivity contribution in [2.75, 3.05) is 18.0 Å². The Morgan fingerprint density at radius 1 is 1.28 bits per heavy atom. The molecule has 1 fully saturated rings. The largest absolute Gasteiger partial charge is 0.340 e. The molecule has 94 valence electrons. The number of anilines is 1. The minimum Gasteiger partial charge on any atom is -0.340 e. The average Bonchev–Trinajstić information content (AvgIpc) is 2.86. The number of aromatic nitrogens is 5. The Hall–Kier alpha value is -1.98. The van der Waals surface area contributed by atoms with E-state index in [1.165, 1.54) is 0 Å². The molecule has 2 aromatic heterocycles. The summed E-state index contributed by atoms with van der Waals surface area (Å²) in [4.78, 5) is 10.9. The van der Waals surface area contributed by atoms with Crippen molar-refractivity contribution in [3.05, 3.63) is 30.6 Å². The number of rotatable bonds is 2. The number of hydrogen-bond acceptors (Lipinski definition) is 5. The second-order valence-corrected chi connectivity index (χ2v) is 4.63. The van der Waals surface area contributed by atoms with Crippen LogP contribution in [0.4, 0.5) is 5.95 Å². The van der Waals surface area contributed by atoms with Crippen LogP contribution in [0.1, 0.15) is 24.6 Å². The van der Waals surface area contributed by atoms with E-state index in [0.717, 1.165) is 37.7 Å². The van der Waals surface area contributed by atoms with Gasteiger partial charge < -0.3 is 9.47 Å². The molecule has 1 atom stereocenters. The van der Waals surface area contributed by atoms with Crippen LogP contribution in [0.3, 0.4) is 0 Å². The summed E-state index contributed by atoms with van der Waals surface area (Å²) in [5.74, 6) is 2.27. The van der Waals surface area contributed by atoms with Gasteiger partial charge in [0.15, 0.2) is 0 Å². The lowest BCUT2D eigenvalue weighted by atomic mass is 9.97. The summed E-state index contributed by atoms with van der Waals surface area (Å²) in [5.41, 5.74) is 0. The van der Waals surface area contributed by atoms with Crippen LogP contribution in [0, 0.1) is 0 Å². The molecular formula is C12H16N6. The van der Waals surface area contributed by atoms with Gasteiger partial charge in [0.1, 0.15) is 12.2 Å². The molecule has 0 spiro atoms. The van der Waals surface area contributed by atoms with E-state index >= 15 is 0 Å². The van der Waals surface area contributed by atoms with Gasteiger partial charge in [-0.05, 0) is 18.9 Å². The van der Waals surface area contributed by atoms with Crippen LogP contribution in [0.5, 0.6) is 0 Å². The molecule has 1 aliphatic rings. The maximum absolute atomic E-state index is 4.31.